The van der Waals surface area contributed by atoms with Crippen LogP contribution in [0.4, 0.5) is 0 Å². The highest BCUT2D eigenvalue weighted by molar-refractivity contribution is 6.01. The van der Waals surface area contributed by atoms with Gasteiger partial charge in [-0.15, -0.1) is 0 Å². The third-order valence-corrected chi connectivity index (χ3v) is 11.2. The highest BCUT2D eigenvalue weighted by Gasteiger charge is 2.68. The smallest absolute Gasteiger partial charge is 0.306 e. The van der Waals surface area contributed by atoms with Crippen molar-refractivity contribution >= 4 is 23.4 Å². The first-order chi connectivity index (χ1) is 21.4. The molecule has 1 aromatic carbocycles. The second-order valence-corrected chi connectivity index (χ2v) is 13.5. The quantitative estimate of drug-likeness (QED) is 0.316. The summed E-state index contributed by atoms with van der Waals surface area (Å²) in [7, 11) is 3.12. The number of amides is 1. The third-order valence-electron chi connectivity index (χ3n) is 11.2. The molecule has 1 aromatic rings. The van der Waals surface area contributed by atoms with E-state index in [1.165, 1.54) is 0 Å². The highest BCUT2D eigenvalue weighted by atomic mass is 16.5. The number of hydrogen-bond acceptors (Lipinski definition) is 9. The minimum atomic E-state index is -1.74. The topological polar surface area (TPSA) is 148 Å². The van der Waals surface area contributed by atoms with Crippen molar-refractivity contribution in [1.29, 1.82) is 0 Å². The lowest BCUT2D eigenvalue weighted by atomic mass is 9.46. The molecule has 10 nitrogen and oxygen atoms in total. The first-order valence-corrected chi connectivity index (χ1v) is 15.9. The molecular formula is C35H45NO9. The van der Waals surface area contributed by atoms with E-state index in [0.717, 1.165) is 24.0 Å². The predicted molar refractivity (Wildman–Crippen MR) is 164 cm³/mol. The van der Waals surface area contributed by atoms with Crippen LogP contribution in [0.1, 0.15) is 64.4 Å². The van der Waals surface area contributed by atoms with E-state index in [2.05, 4.69) is 12.2 Å². The molecule has 0 unspecified atom stereocenters. The van der Waals surface area contributed by atoms with Crippen molar-refractivity contribution in [2.75, 3.05) is 27.4 Å². The summed E-state index contributed by atoms with van der Waals surface area (Å²) in [6, 6.07) is 5.52. The van der Waals surface area contributed by atoms with E-state index in [4.69, 9.17) is 14.2 Å². The monoisotopic (exact) mass is 623 g/mol. The number of aliphatic hydroxyl groups is 2. The SMILES string of the molecule is COc1ccc(CCNC(=O)CCC(=O)OCC(=O)[C@@]2(O)CC[C@H]3[C@H]4CCC5=CC(=O)C=C[C@]5(C)[C@@H]4[C@@H](O)C[C@@]32C)cc1OC. The Morgan fingerprint density at radius 1 is 1.07 bits per heavy atom. The average molecular weight is 624 g/mol. The van der Waals surface area contributed by atoms with Crippen LogP contribution in [0.5, 0.6) is 11.5 Å². The highest BCUT2D eigenvalue weighted by Crippen LogP contribution is 2.67. The number of hydrogen-bond donors (Lipinski definition) is 3. The Morgan fingerprint density at radius 2 is 1.82 bits per heavy atom. The summed E-state index contributed by atoms with van der Waals surface area (Å²) in [5.74, 6) is -0.419. The van der Waals surface area contributed by atoms with Gasteiger partial charge in [0.05, 0.1) is 26.7 Å². The van der Waals surface area contributed by atoms with Crippen LogP contribution in [0.3, 0.4) is 0 Å². The third kappa shape index (κ3) is 5.94. The zero-order valence-corrected chi connectivity index (χ0v) is 26.6. The number of Topliss-reactive ketones (excluding diaryl/α,β-unsaturated/α-hetero) is 1. The van der Waals surface area contributed by atoms with Crippen molar-refractivity contribution in [2.24, 2.45) is 28.6 Å². The molecule has 0 spiro atoms. The molecule has 3 N–H and O–H groups in total. The lowest BCUT2D eigenvalue weighted by molar-refractivity contribution is -0.181. The summed E-state index contributed by atoms with van der Waals surface area (Å²) in [4.78, 5) is 50.3. The fourth-order valence-corrected chi connectivity index (χ4v) is 8.81. The largest absolute Gasteiger partial charge is 0.493 e. The zero-order valence-electron chi connectivity index (χ0n) is 26.6. The Labute approximate surface area is 264 Å². The first-order valence-electron chi connectivity index (χ1n) is 15.9. The van der Waals surface area contributed by atoms with E-state index in [1.54, 1.807) is 32.4 Å². The summed E-state index contributed by atoms with van der Waals surface area (Å²) in [6.45, 7) is 3.74. The molecule has 0 bridgehead atoms. The van der Waals surface area contributed by atoms with Crippen LogP contribution >= 0.6 is 0 Å². The van der Waals surface area contributed by atoms with Gasteiger partial charge in [0.1, 0.15) is 5.60 Å². The van der Waals surface area contributed by atoms with E-state index < -0.39 is 40.9 Å². The van der Waals surface area contributed by atoms with Crippen LogP contribution in [0, 0.1) is 28.6 Å². The first kappa shape index (κ1) is 32.9. The summed E-state index contributed by atoms with van der Waals surface area (Å²) >= 11 is 0. The van der Waals surface area contributed by atoms with Gasteiger partial charge in [-0.3, -0.25) is 19.2 Å². The minimum Gasteiger partial charge on any atom is -0.493 e. The van der Waals surface area contributed by atoms with Crippen LogP contribution < -0.4 is 14.8 Å². The van der Waals surface area contributed by atoms with E-state index in [9.17, 15) is 29.4 Å². The number of esters is 1. The van der Waals surface area contributed by atoms with Gasteiger partial charge in [0.25, 0.3) is 0 Å². The molecule has 0 heterocycles. The number of ether oxygens (including phenoxy) is 3. The second kappa shape index (κ2) is 12.7. The van der Waals surface area contributed by atoms with Gasteiger partial charge in [0, 0.05) is 29.7 Å². The molecule has 10 heteroatoms. The Hall–Kier alpha value is -3.50. The van der Waals surface area contributed by atoms with Gasteiger partial charge in [0.15, 0.2) is 23.9 Å². The molecule has 0 saturated heterocycles. The van der Waals surface area contributed by atoms with E-state index in [0.29, 0.717) is 30.9 Å². The maximum absolute atomic E-state index is 13.5. The summed E-state index contributed by atoms with van der Waals surface area (Å²) in [5, 5.41) is 26.1. The number of allylic oxidation sites excluding steroid dienone is 4. The van der Waals surface area contributed by atoms with Crippen molar-refractivity contribution in [1.82, 2.24) is 5.32 Å². The van der Waals surface area contributed by atoms with Gasteiger partial charge >= 0.3 is 5.97 Å². The van der Waals surface area contributed by atoms with Crippen molar-refractivity contribution < 1.29 is 43.6 Å². The number of carbonyl (C=O) groups is 4. The van der Waals surface area contributed by atoms with Crippen LogP contribution in [-0.2, 0) is 30.3 Å². The number of carbonyl (C=O) groups excluding carboxylic acids is 4. The Kier molecular flexibility index (Phi) is 9.29. The number of methoxy groups -OCH3 is 2. The maximum Gasteiger partial charge on any atom is 0.306 e. The fourth-order valence-electron chi connectivity index (χ4n) is 8.81. The number of benzene rings is 1. The maximum atomic E-state index is 13.5. The number of ketones is 2. The van der Waals surface area contributed by atoms with Crippen LogP contribution in [-0.4, -0.2) is 72.7 Å². The Morgan fingerprint density at radius 3 is 2.56 bits per heavy atom. The molecule has 3 fully saturated rings. The molecular weight excluding hydrogens is 578 g/mol. The van der Waals surface area contributed by atoms with Crippen molar-refractivity contribution in [3.05, 3.63) is 47.6 Å². The van der Waals surface area contributed by atoms with Crippen LogP contribution in [0.25, 0.3) is 0 Å². The van der Waals surface area contributed by atoms with Crippen molar-refractivity contribution in [3.8, 4) is 11.5 Å². The van der Waals surface area contributed by atoms with Gasteiger partial charge in [-0.1, -0.05) is 31.6 Å². The van der Waals surface area contributed by atoms with Gasteiger partial charge in [-0.2, -0.15) is 0 Å². The minimum absolute atomic E-state index is 0.00246. The average Bonchev–Trinajstić information content (AvgIpc) is 3.29. The molecule has 45 heavy (non-hydrogen) atoms. The molecule has 4 aliphatic carbocycles. The van der Waals surface area contributed by atoms with Crippen LogP contribution in [0.15, 0.2) is 42.0 Å². The predicted octanol–water partition coefficient (Wildman–Crippen LogP) is 3.26. The van der Waals surface area contributed by atoms with Crippen molar-refractivity contribution in [2.45, 2.75) is 76.9 Å². The summed E-state index contributed by atoms with van der Waals surface area (Å²) in [6.07, 6.45) is 7.33. The number of aliphatic hydroxyl groups excluding tert-OH is 1. The van der Waals surface area contributed by atoms with Gasteiger partial charge in [-0.25, -0.2) is 0 Å². The van der Waals surface area contributed by atoms with E-state index >= 15 is 0 Å². The molecule has 244 valence electrons. The molecule has 7 atom stereocenters. The zero-order chi connectivity index (χ0) is 32.6. The lowest BCUT2D eigenvalue weighted by Gasteiger charge is -2.59. The lowest BCUT2D eigenvalue weighted by Crippen LogP contribution is -2.61. The normalized spacial score (nSPS) is 33.3. The standard InChI is InChI=1S/C35H45NO9/c1-33-14-11-23(37)18-22(33)6-7-24-25-12-15-35(42,34(25,2)19-26(38)32(24)33)29(39)20-45-31(41)10-9-30(40)36-16-13-21-5-8-27(43-3)28(17-21)44-4/h5,8,11,14,17-18,24-26,32,38,42H,6-7,9-10,12-13,15-16,19-20H2,1-4H3,(H,36,40)/t24-,25+,26+,32+,33+,34+,35+/m1/s1. The summed E-state index contributed by atoms with van der Waals surface area (Å²) in [5.41, 5.74) is -1.05. The molecule has 3 saturated carbocycles. The number of nitrogens with one attached hydrogen (secondary N) is 1. The Balaban J connectivity index is 1.11. The molecule has 0 radical (unpaired) electrons. The van der Waals surface area contributed by atoms with Gasteiger partial charge in [0.2, 0.25) is 11.7 Å². The fraction of sp³-hybridized carbons (Fsp3) is 0.600. The molecule has 5 rings (SSSR count). The summed E-state index contributed by atoms with van der Waals surface area (Å²) < 4.78 is 15.8. The number of rotatable bonds is 11. The van der Waals surface area contributed by atoms with Gasteiger partial charge in [-0.05, 0) is 80.2 Å². The molecule has 0 aliphatic heterocycles. The van der Waals surface area contributed by atoms with Crippen LogP contribution in [0.2, 0.25) is 0 Å². The molecule has 4 aliphatic rings. The van der Waals surface area contributed by atoms with Gasteiger partial charge < -0.3 is 29.7 Å². The van der Waals surface area contributed by atoms with Crippen molar-refractivity contribution in [3.63, 3.8) is 0 Å². The second-order valence-electron chi connectivity index (χ2n) is 13.5. The Bertz CT molecular complexity index is 1420. The number of fused-ring (bicyclic) bond motifs is 5. The van der Waals surface area contributed by atoms with E-state index in [1.807, 2.05) is 25.1 Å². The molecule has 1 amide bonds. The van der Waals surface area contributed by atoms with E-state index in [-0.39, 0.29) is 55.1 Å². The molecule has 0 aromatic heterocycles.